The van der Waals surface area contributed by atoms with E-state index in [9.17, 15) is 4.39 Å². The van der Waals surface area contributed by atoms with Crippen LogP contribution in [0.3, 0.4) is 0 Å². The Hall–Kier alpha value is 0.280. The van der Waals surface area contributed by atoms with Crippen molar-refractivity contribution in [2.24, 2.45) is 0 Å². The van der Waals surface area contributed by atoms with Gasteiger partial charge in [0.05, 0.1) is 0 Å². The summed E-state index contributed by atoms with van der Waals surface area (Å²) in [5.41, 5.74) is 0. The first-order valence-electron chi connectivity index (χ1n) is 7.95. The highest BCUT2D eigenvalue weighted by atomic mass is 32.2. The van der Waals surface area contributed by atoms with Crippen LogP contribution < -0.4 is 0 Å². The molecule has 0 radical (unpaired) electrons. The molecule has 0 amide bonds. The standard InChI is InChI=1S/C16H33FS/c1-4-6-7-8-9-10-11-12-13-14-15-18-16(3,17)5-2/h4-15H2,1-3H3. The van der Waals surface area contributed by atoms with Gasteiger partial charge < -0.3 is 0 Å². The molecule has 0 fully saturated rings. The van der Waals surface area contributed by atoms with Crippen molar-refractivity contribution >= 4 is 11.8 Å². The topological polar surface area (TPSA) is 0 Å². The van der Waals surface area contributed by atoms with Crippen molar-refractivity contribution in [2.45, 2.75) is 96.4 Å². The third kappa shape index (κ3) is 12.7. The van der Waals surface area contributed by atoms with Gasteiger partial charge in [0.2, 0.25) is 0 Å². The van der Waals surface area contributed by atoms with E-state index in [-0.39, 0.29) is 0 Å². The predicted octanol–water partition coefficient (Wildman–Crippen LogP) is 6.74. The molecular weight excluding hydrogens is 243 g/mol. The third-order valence-corrected chi connectivity index (χ3v) is 4.92. The Balaban J connectivity index is 3.08. The molecular formula is C16H33FS. The van der Waals surface area contributed by atoms with Crippen LogP contribution in [-0.2, 0) is 0 Å². The van der Waals surface area contributed by atoms with Gasteiger partial charge in [-0.3, -0.25) is 0 Å². The Morgan fingerprint density at radius 2 is 1.22 bits per heavy atom. The van der Waals surface area contributed by atoms with Crippen molar-refractivity contribution < 1.29 is 4.39 Å². The highest BCUT2D eigenvalue weighted by Gasteiger charge is 2.19. The monoisotopic (exact) mass is 276 g/mol. The Bertz CT molecular complexity index is 168. The number of unbranched alkanes of at least 4 members (excludes halogenated alkanes) is 9. The van der Waals surface area contributed by atoms with Gasteiger partial charge in [0.25, 0.3) is 0 Å². The van der Waals surface area contributed by atoms with Crippen molar-refractivity contribution in [3.8, 4) is 0 Å². The maximum atomic E-state index is 13.6. The molecule has 0 bridgehead atoms. The average Bonchev–Trinajstić information content (AvgIpc) is 2.36. The molecule has 0 aliphatic rings. The zero-order chi connectivity index (χ0) is 13.7. The highest BCUT2D eigenvalue weighted by molar-refractivity contribution is 8.00. The summed E-state index contributed by atoms with van der Waals surface area (Å²) in [5.74, 6) is 0.983. The summed E-state index contributed by atoms with van der Waals surface area (Å²) in [6.07, 6.45) is 14.2. The van der Waals surface area contributed by atoms with Gasteiger partial charge in [-0.2, -0.15) is 0 Å². The van der Waals surface area contributed by atoms with E-state index >= 15 is 0 Å². The van der Waals surface area contributed by atoms with Crippen LogP contribution in [0, 0.1) is 0 Å². The van der Waals surface area contributed by atoms with E-state index in [4.69, 9.17) is 0 Å². The first kappa shape index (κ1) is 18.3. The fourth-order valence-electron chi connectivity index (χ4n) is 1.98. The first-order valence-corrected chi connectivity index (χ1v) is 8.94. The Labute approximate surface area is 119 Å². The minimum atomic E-state index is -1.00. The summed E-state index contributed by atoms with van der Waals surface area (Å²) >= 11 is 1.49. The van der Waals surface area contributed by atoms with E-state index < -0.39 is 5.00 Å². The quantitative estimate of drug-likeness (QED) is 0.336. The molecule has 0 N–H and O–H groups in total. The van der Waals surface area contributed by atoms with Crippen molar-refractivity contribution in [3.63, 3.8) is 0 Å². The lowest BCUT2D eigenvalue weighted by atomic mass is 10.1. The van der Waals surface area contributed by atoms with Crippen molar-refractivity contribution in [1.82, 2.24) is 0 Å². The second-order valence-electron chi connectivity index (χ2n) is 5.49. The molecule has 2 heteroatoms. The Kier molecular flexibility index (Phi) is 12.5. The van der Waals surface area contributed by atoms with E-state index in [0.29, 0.717) is 6.42 Å². The summed E-state index contributed by atoms with van der Waals surface area (Å²) in [5, 5.41) is -1.00. The van der Waals surface area contributed by atoms with Gasteiger partial charge in [-0.05, 0) is 25.5 Å². The lowest BCUT2D eigenvalue weighted by molar-refractivity contribution is 0.307. The summed E-state index contributed by atoms with van der Waals surface area (Å²) in [6, 6.07) is 0. The van der Waals surface area contributed by atoms with Crippen LogP contribution in [0.5, 0.6) is 0 Å². The molecule has 0 aromatic heterocycles. The zero-order valence-electron chi connectivity index (χ0n) is 12.8. The molecule has 0 nitrogen and oxygen atoms in total. The summed E-state index contributed by atoms with van der Waals surface area (Å²) in [6.45, 7) is 5.89. The van der Waals surface area contributed by atoms with Crippen LogP contribution >= 0.6 is 11.8 Å². The van der Waals surface area contributed by atoms with E-state index in [2.05, 4.69) is 6.92 Å². The minimum absolute atomic E-state index is 0.620. The highest BCUT2D eigenvalue weighted by Crippen LogP contribution is 2.30. The van der Waals surface area contributed by atoms with Gasteiger partial charge in [-0.25, -0.2) is 4.39 Å². The van der Waals surface area contributed by atoms with Gasteiger partial charge >= 0.3 is 0 Å². The molecule has 0 rings (SSSR count). The van der Waals surface area contributed by atoms with Crippen molar-refractivity contribution in [3.05, 3.63) is 0 Å². The van der Waals surface area contributed by atoms with Crippen LogP contribution in [0.1, 0.15) is 91.4 Å². The average molecular weight is 277 g/mol. The van der Waals surface area contributed by atoms with E-state index in [1.165, 1.54) is 76.0 Å². The molecule has 0 aliphatic heterocycles. The fraction of sp³-hybridized carbons (Fsp3) is 1.00. The number of hydrogen-bond donors (Lipinski definition) is 0. The van der Waals surface area contributed by atoms with Gasteiger partial charge in [-0.1, -0.05) is 71.6 Å². The second kappa shape index (κ2) is 12.3. The van der Waals surface area contributed by atoms with Crippen LogP contribution in [-0.4, -0.2) is 10.8 Å². The van der Waals surface area contributed by atoms with Crippen molar-refractivity contribution in [2.75, 3.05) is 5.75 Å². The number of hydrogen-bond acceptors (Lipinski definition) is 1. The van der Waals surface area contributed by atoms with Crippen molar-refractivity contribution in [1.29, 1.82) is 0 Å². The second-order valence-corrected chi connectivity index (χ2v) is 7.03. The normalized spacial score (nSPS) is 14.7. The van der Waals surface area contributed by atoms with Gasteiger partial charge in [-0.15, -0.1) is 11.8 Å². The number of thioether (sulfide) groups is 1. The van der Waals surface area contributed by atoms with Crippen LogP contribution in [0.15, 0.2) is 0 Å². The molecule has 0 spiro atoms. The summed E-state index contributed by atoms with van der Waals surface area (Å²) in [7, 11) is 0. The first-order chi connectivity index (χ1) is 8.62. The molecule has 0 heterocycles. The van der Waals surface area contributed by atoms with Crippen LogP contribution in [0.25, 0.3) is 0 Å². The molecule has 0 saturated carbocycles. The molecule has 1 unspecified atom stereocenters. The molecule has 0 saturated heterocycles. The maximum Gasteiger partial charge on any atom is 0.153 e. The summed E-state index contributed by atoms with van der Waals surface area (Å²) in [4.78, 5) is 0. The SMILES string of the molecule is CCCCCCCCCCCCSC(C)(F)CC. The predicted molar refractivity (Wildman–Crippen MR) is 84.1 cm³/mol. The lowest BCUT2D eigenvalue weighted by Gasteiger charge is -2.16. The number of alkyl halides is 1. The molecule has 18 heavy (non-hydrogen) atoms. The number of halogens is 1. The lowest BCUT2D eigenvalue weighted by Crippen LogP contribution is -2.10. The van der Waals surface area contributed by atoms with Crippen LogP contribution in [0.2, 0.25) is 0 Å². The minimum Gasteiger partial charge on any atom is -0.232 e. The fourth-order valence-corrected chi connectivity index (χ4v) is 2.95. The Morgan fingerprint density at radius 1 is 0.778 bits per heavy atom. The molecule has 0 aliphatic carbocycles. The van der Waals surface area contributed by atoms with Gasteiger partial charge in [0, 0.05) is 0 Å². The smallest absolute Gasteiger partial charge is 0.153 e. The van der Waals surface area contributed by atoms with Crippen LogP contribution in [0.4, 0.5) is 4.39 Å². The molecule has 0 aromatic rings. The van der Waals surface area contributed by atoms with Gasteiger partial charge in [0.1, 0.15) is 0 Å². The molecule has 1 atom stereocenters. The Morgan fingerprint density at radius 3 is 1.67 bits per heavy atom. The molecule has 0 aromatic carbocycles. The maximum absolute atomic E-state index is 13.6. The van der Waals surface area contributed by atoms with Gasteiger partial charge in [0.15, 0.2) is 5.00 Å². The molecule has 110 valence electrons. The zero-order valence-corrected chi connectivity index (χ0v) is 13.6. The largest absolute Gasteiger partial charge is 0.232 e. The van der Waals surface area contributed by atoms with E-state index in [1.54, 1.807) is 6.92 Å². The summed E-state index contributed by atoms with van der Waals surface area (Å²) < 4.78 is 13.6. The third-order valence-electron chi connectivity index (χ3n) is 3.53. The van der Waals surface area contributed by atoms with E-state index in [1.807, 2.05) is 6.92 Å². The van der Waals surface area contributed by atoms with E-state index in [0.717, 1.165) is 5.75 Å². The number of rotatable bonds is 13.